The lowest BCUT2D eigenvalue weighted by Gasteiger charge is -2.30. The Hall–Kier alpha value is -1.89. The highest BCUT2D eigenvalue weighted by molar-refractivity contribution is 5.76. The van der Waals surface area contributed by atoms with Crippen LogP contribution in [-0.2, 0) is 18.4 Å². The molecule has 3 N–H and O–H groups in total. The van der Waals surface area contributed by atoms with E-state index in [4.69, 9.17) is 5.73 Å². The van der Waals surface area contributed by atoms with Gasteiger partial charge in [-0.3, -0.25) is 18.7 Å². The van der Waals surface area contributed by atoms with Crippen LogP contribution in [0.3, 0.4) is 0 Å². The lowest BCUT2D eigenvalue weighted by molar-refractivity contribution is -0.122. The summed E-state index contributed by atoms with van der Waals surface area (Å²) in [4.78, 5) is 35.4. The molecule has 1 saturated carbocycles. The molecule has 1 atom stereocenters. The van der Waals surface area contributed by atoms with Crippen LogP contribution in [0.15, 0.2) is 21.9 Å². The summed E-state index contributed by atoms with van der Waals surface area (Å²) in [5, 5.41) is 2.94. The molecule has 1 aromatic rings. The summed E-state index contributed by atoms with van der Waals surface area (Å²) >= 11 is 0. The van der Waals surface area contributed by atoms with Crippen LogP contribution in [0.1, 0.15) is 32.1 Å². The molecule has 0 saturated heterocycles. The van der Waals surface area contributed by atoms with Crippen LogP contribution in [-0.4, -0.2) is 27.6 Å². The van der Waals surface area contributed by atoms with E-state index in [2.05, 4.69) is 5.32 Å². The normalized spacial score (nSPS) is 17.2. The molecule has 1 unspecified atom stereocenters. The largest absolute Gasteiger partial charge is 0.350 e. The third-order valence-electron chi connectivity index (χ3n) is 4.39. The minimum Gasteiger partial charge on any atom is -0.350 e. The molecular weight excluding hydrogens is 284 g/mol. The van der Waals surface area contributed by atoms with Gasteiger partial charge in [0, 0.05) is 31.9 Å². The van der Waals surface area contributed by atoms with E-state index < -0.39 is 5.69 Å². The maximum absolute atomic E-state index is 12.2. The molecule has 1 amide bonds. The van der Waals surface area contributed by atoms with E-state index in [-0.39, 0.29) is 24.1 Å². The molecule has 0 bridgehead atoms. The Bertz CT molecular complexity index is 628. The van der Waals surface area contributed by atoms with E-state index in [0.29, 0.717) is 12.5 Å². The average molecular weight is 308 g/mol. The van der Waals surface area contributed by atoms with Crippen molar-refractivity contribution >= 4 is 5.91 Å². The third kappa shape index (κ3) is 3.85. The molecule has 1 aromatic heterocycles. The van der Waals surface area contributed by atoms with E-state index in [9.17, 15) is 14.4 Å². The van der Waals surface area contributed by atoms with Crippen molar-refractivity contribution in [3.63, 3.8) is 0 Å². The van der Waals surface area contributed by atoms with Gasteiger partial charge in [0.05, 0.1) is 0 Å². The van der Waals surface area contributed by atoms with E-state index in [1.54, 1.807) is 0 Å². The standard InChI is InChI=1S/C15H24N4O3/c1-18-14(21)7-8-19(15(18)22)10-13(20)17-12(9-16)11-5-3-2-4-6-11/h7-8,11-12H,2-6,9-10,16H2,1H3,(H,17,20). The first kappa shape index (κ1) is 16.5. The van der Waals surface area contributed by atoms with Crippen LogP contribution >= 0.6 is 0 Å². The van der Waals surface area contributed by atoms with Gasteiger partial charge < -0.3 is 11.1 Å². The van der Waals surface area contributed by atoms with Gasteiger partial charge in [0.25, 0.3) is 5.56 Å². The zero-order valence-corrected chi connectivity index (χ0v) is 13.0. The summed E-state index contributed by atoms with van der Waals surface area (Å²) in [6.45, 7) is 0.300. The molecule has 1 aliphatic rings. The fourth-order valence-electron chi connectivity index (χ4n) is 3.05. The van der Waals surface area contributed by atoms with Crippen molar-refractivity contribution in [1.82, 2.24) is 14.5 Å². The van der Waals surface area contributed by atoms with E-state index in [1.165, 1.54) is 43.1 Å². The van der Waals surface area contributed by atoms with Crippen molar-refractivity contribution in [2.45, 2.75) is 44.7 Å². The second-order valence-corrected chi connectivity index (χ2v) is 5.93. The molecule has 7 heteroatoms. The molecular formula is C15H24N4O3. The van der Waals surface area contributed by atoms with Crippen LogP contribution in [0.4, 0.5) is 0 Å². The van der Waals surface area contributed by atoms with Crippen molar-refractivity contribution < 1.29 is 4.79 Å². The molecule has 2 rings (SSSR count). The fourth-order valence-corrected chi connectivity index (χ4v) is 3.05. The average Bonchev–Trinajstić information content (AvgIpc) is 2.54. The molecule has 1 aliphatic carbocycles. The van der Waals surface area contributed by atoms with Crippen LogP contribution < -0.4 is 22.3 Å². The number of carbonyl (C=O) groups is 1. The smallest absolute Gasteiger partial charge is 0.331 e. The second-order valence-electron chi connectivity index (χ2n) is 5.93. The molecule has 22 heavy (non-hydrogen) atoms. The highest BCUT2D eigenvalue weighted by atomic mass is 16.2. The Morgan fingerprint density at radius 3 is 2.68 bits per heavy atom. The summed E-state index contributed by atoms with van der Waals surface area (Å²) in [5.74, 6) is 0.168. The summed E-state index contributed by atoms with van der Waals surface area (Å²) in [7, 11) is 1.39. The van der Waals surface area contributed by atoms with Gasteiger partial charge in [-0.25, -0.2) is 4.79 Å². The van der Waals surface area contributed by atoms with Gasteiger partial charge in [-0.15, -0.1) is 0 Å². The number of rotatable bonds is 5. The Labute approximate surface area is 129 Å². The Balaban J connectivity index is 2.01. The fraction of sp³-hybridized carbons (Fsp3) is 0.667. The van der Waals surface area contributed by atoms with Crippen LogP contribution in [0, 0.1) is 5.92 Å². The molecule has 122 valence electrons. The number of hydrogen-bond acceptors (Lipinski definition) is 4. The number of amides is 1. The first-order valence-corrected chi connectivity index (χ1v) is 7.79. The number of hydrogen-bond donors (Lipinski definition) is 2. The zero-order valence-electron chi connectivity index (χ0n) is 13.0. The molecule has 7 nitrogen and oxygen atoms in total. The SMILES string of the molecule is Cn1c(=O)ccn(CC(=O)NC(CN)C2CCCCC2)c1=O. The Morgan fingerprint density at radius 2 is 2.05 bits per heavy atom. The predicted octanol–water partition coefficient (Wildman–Crippen LogP) is -0.429. The molecule has 1 heterocycles. The van der Waals surface area contributed by atoms with Gasteiger partial charge >= 0.3 is 5.69 Å². The maximum Gasteiger partial charge on any atom is 0.331 e. The van der Waals surface area contributed by atoms with Gasteiger partial charge in [-0.05, 0) is 18.8 Å². The summed E-state index contributed by atoms with van der Waals surface area (Å²) < 4.78 is 2.21. The quantitative estimate of drug-likeness (QED) is 0.771. The number of nitrogens with zero attached hydrogens (tertiary/aromatic N) is 2. The molecule has 0 aliphatic heterocycles. The third-order valence-corrected chi connectivity index (χ3v) is 4.39. The zero-order chi connectivity index (χ0) is 16.1. The first-order chi connectivity index (χ1) is 10.5. The summed E-state index contributed by atoms with van der Waals surface area (Å²) in [6.07, 6.45) is 7.12. The van der Waals surface area contributed by atoms with Crippen molar-refractivity contribution in [2.24, 2.45) is 18.7 Å². The van der Waals surface area contributed by atoms with Crippen LogP contribution in [0.25, 0.3) is 0 Å². The summed E-state index contributed by atoms with van der Waals surface area (Å²) in [5.41, 5.74) is 4.91. The number of nitrogens with two attached hydrogens (primary N) is 1. The number of aromatic nitrogens is 2. The lowest BCUT2D eigenvalue weighted by Crippen LogP contribution is -2.48. The molecule has 0 radical (unpaired) electrons. The van der Waals surface area contributed by atoms with Gasteiger partial charge in [-0.2, -0.15) is 0 Å². The van der Waals surface area contributed by atoms with Crippen molar-refractivity contribution in [1.29, 1.82) is 0 Å². The first-order valence-electron chi connectivity index (χ1n) is 7.79. The minimum atomic E-state index is -0.496. The van der Waals surface area contributed by atoms with E-state index in [0.717, 1.165) is 17.4 Å². The Morgan fingerprint density at radius 1 is 1.36 bits per heavy atom. The van der Waals surface area contributed by atoms with Gasteiger partial charge in [0.15, 0.2) is 0 Å². The van der Waals surface area contributed by atoms with Crippen molar-refractivity contribution in [3.05, 3.63) is 33.1 Å². The highest BCUT2D eigenvalue weighted by Crippen LogP contribution is 2.26. The second kappa shape index (κ2) is 7.40. The summed E-state index contributed by atoms with van der Waals surface area (Å²) in [6, 6.07) is 1.23. The monoisotopic (exact) mass is 308 g/mol. The molecule has 0 aromatic carbocycles. The maximum atomic E-state index is 12.2. The number of nitrogens with one attached hydrogen (secondary N) is 1. The van der Waals surface area contributed by atoms with Gasteiger partial charge in [0.1, 0.15) is 6.54 Å². The lowest BCUT2D eigenvalue weighted by atomic mass is 9.84. The van der Waals surface area contributed by atoms with Crippen molar-refractivity contribution in [2.75, 3.05) is 6.54 Å². The highest BCUT2D eigenvalue weighted by Gasteiger charge is 2.24. The number of carbonyl (C=O) groups excluding carboxylic acids is 1. The Kier molecular flexibility index (Phi) is 5.54. The van der Waals surface area contributed by atoms with Crippen LogP contribution in [0.5, 0.6) is 0 Å². The van der Waals surface area contributed by atoms with E-state index in [1.807, 2.05) is 0 Å². The minimum absolute atomic E-state index is 0.0453. The van der Waals surface area contributed by atoms with Gasteiger partial charge in [0.2, 0.25) is 5.91 Å². The van der Waals surface area contributed by atoms with Crippen molar-refractivity contribution in [3.8, 4) is 0 Å². The van der Waals surface area contributed by atoms with Crippen LogP contribution in [0.2, 0.25) is 0 Å². The molecule has 0 spiro atoms. The topological polar surface area (TPSA) is 99.1 Å². The predicted molar refractivity (Wildman–Crippen MR) is 83.5 cm³/mol. The van der Waals surface area contributed by atoms with E-state index >= 15 is 0 Å². The molecule has 1 fully saturated rings. The van der Waals surface area contributed by atoms with Gasteiger partial charge in [-0.1, -0.05) is 19.3 Å².